The van der Waals surface area contributed by atoms with E-state index >= 15 is 0 Å². The summed E-state index contributed by atoms with van der Waals surface area (Å²) in [7, 11) is 0. The summed E-state index contributed by atoms with van der Waals surface area (Å²) in [4.78, 5) is 0. The molecule has 23 heavy (non-hydrogen) atoms. The maximum absolute atomic E-state index is 4.27. The second kappa shape index (κ2) is 10.6. The molecule has 0 bridgehead atoms. The van der Waals surface area contributed by atoms with Crippen LogP contribution in [0.1, 0.15) is 57.1 Å². The lowest BCUT2D eigenvalue weighted by molar-refractivity contribution is 0.464. The summed E-state index contributed by atoms with van der Waals surface area (Å²) in [5.41, 5.74) is 3.94. The van der Waals surface area contributed by atoms with Crippen molar-refractivity contribution in [1.82, 2.24) is 5.32 Å². The first-order valence-corrected chi connectivity index (χ1v) is 9.42. The predicted octanol–water partition coefficient (Wildman–Crippen LogP) is 5.91. The summed E-state index contributed by atoms with van der Waals surface area (Å²) in [6.07, 6.45) is 7.42. The molecule has 128 valence electrons. The van der Waals surface area contributed by atoms with Gasteiger partial charge >= 0.3 is 0 Å². The molecule has 0 fully saturated rings. The van der Waals surface area contributed by atoms with E-state index < -0.39 is 0 Å². The Bertz CT molecular complexity index is 449. The topological polar surface area (TPSA) is 12.0 Å². The highest BCUT2D eigenvalue weighted by atomic mass is 14.9. The van der Waals surface area contributed by atoms with E-state index in [1.54, 1.807) is 0 Å². The number of allylic oxidation sites excluding steroid dienone is 1. The minimum atomic E-state index is 0.469. The Labute approximate surface area is 145 Å². The van der Waals surface area contributed by atoms with Gasteiger partial charge in [-0.3, -0.25) is 0 Å². The molecule has 1 N–H and O–H groups in total. The van der Waals surface area contributed by atoms with Gasteiger partial charge in [-0.1, -0.05) is 83.2 Å². The van der Waals surface area contributed by atoms with Crippen LogP contribution in [0.3, 0.4) is 0 Å². The highest BCUT2D eigenvalue weighted by molar-refractivity contribution is 6.57. The Kier molecular flexibility index (Phi) is 9.13. The van der Waals surface area contributed by atoms with E-state index in [-0.39, 0.29) is 0 Å². The van der Waals surface area contributed by atoms with E-state index in [1.165, 1.54) is 42.5 Å². The molecule has 1 nitrogen and oxygen atoms in total. The average Bonchev–Trinajstić information content (AvgIpc) is 2.52. The Hall–Kier alpha value is -1.18. The molecule has 1 aromatic carbocycles. The molecule has 2 heteroatoms. The molecule has 0 amide bonds. The maximum Gasteiger partial charge on any atom is 0.161 e. The van der Waals surface area contributed by atoms with Crippen LogP contribution in [0.25, 0.3) is 0 Å². The van der Waals surface area contributed by atoms with Gasteiger partial charge in [0, 0.05) is 11.6 Å². The smallest absolute Gasteiger partial charge is 0.161 e. The monoisotopic (exact) mass is 313 g/mol. The zero-order valence-corrected chi connectivity index (χ0v) is 16.0. The van der Waals surface area contributed by atoms with Gasteiger partial charge in [0.2, 0.25) is 0 Å². The number of aryl methyl sites for hydroxylation is 1. The van der Waals surface area contributed by atoms with Crippen LogP contribution in [0.4, 0.5) is 0 Å². The Morgan fingerprint density at radius 3 is 2.39 bits per heavy atom. The second-order valence-corrected chi connectivity index (χ2v) is 7.57. The van der Waals surface area contributed by atoms with E-state index in [1.807, 2.05) is 0 Å². The van der Waals surface area contributed by atoms with Gasteiger partial charge in [0.15, 0.2) is 6.71 Å². The summed E-state index contributed by atoms with van der Waals surface area (Å²) >= 11 is 0. The van der Waals surface area contributed by atoms with E-state index in [9.17, 15) is 0 Å². The quantitative estimate of drug-likeness (QED) is 0.501. The molecule has 2 unspecified atom stereocenters. The zero-order chi connectivity index (χ0) is 17.2. The average molecular weight is 313 g/mol. The first-order valence-electron chi connectivity index (χ1n) is 9.42. The summed E-state index contributed by atoms with van der Waals surface area (Å²) < 4.78 is 0. The first kappa shape index (κ1) is 19.9. The standard InChI is InChI=1S/C21H36BN/c1-7-8-9-17(2)10-13-19(4)23-21(22(5)6)16-20-14-11-18(3)12-15-20/h11-12,14-15,17,21,23H,4,7-10,13,16H2,1-3,5-6H3. The van der Waals surface area contributed by atoms with Crippen molar-refractivity contribution < 1.29 is 0 Å². The van der Waals surface area contributed by atoms with Crippen LogP contribution in [0.2, 0.25) is 13.6 Å². The third-order valence-corrected chi connectivity index (χ3v) is 4.76. The number of rotatable bonds is 11. The van der Waals surface area contributed by atoms with Crippen molar-refractivity contribution in [2.75, 3.05) is 0 Å². The zero-order valence-electron chi connectivity index (χ0n) is 16.0. The second-order valence-electron chi connectivity index (χ2n) is 7.57. The van der Waals surface area contributed by atoms with Crippen molar-refractivity contribution in [3.63, 3.8) is 0 Å². The molecule has 0 spiro atoms. The lowest BCUT2D eigenvalue weighted by Crippen LogP contribution is -2.40. The van der Waals surface area contributed by atoms with E-state index in [0.717, 1.165) is 18.8 Å². The third-order valence-electron chi connectivity index (χ3n) is 4.76. The number of benzene rings is 1. The van der Waals surface area contributed by atoms with Crippen LogP contribution in [-0.2, 0) is 6.42 Å². The summed E-state index contributed by atoms with van der Waals surface area (Å²) in [6, 6.07) is 8.91. The highest BCUT2D eigenvalue weighted by Crippen LogP contribution is 2.17. The number of unbranched alkanes of at least 4 members (excludes halogenated alkanes) is 1. The molecular weight excluding hydrogens is 277 g/mol. The van der Waals surface area contributed by atoms with Gasteiger partial charge in [-0.15, -0.1) is 0 Å². The normalized spacial score (nSPS) is 13.4. The predicted molar refractivity (Wildman–Crippen MR) is 106 cm³/mol. The summed E-state index contributed by atoms with van der Waals surface area (Å²) in [5.74, 6) is 1.28. The molecule has 2 atom stereocenters. The Balaban J connectivity index is 2.45. The summed E-state index contributed by atoms with van der Waals surface area (Å²) in [5, 5.41) is 3.70. The van der Waals surface area contributed by atoms with Crippen LogP contribution in [0.5, 0.6) is 0 Å². The SMILES string of the molecule is C=C(CCC(C)CCCC)NC(Cc1ccc(C)cc1)B(C)C. The molecule has 0 saturated heterocycles. The van der Waals surface area contributed by atoms with Gasteiger partial charge in [-0.25, -0.2) is 0 Å². The molecule has 0 aliphatic heterocycles. The number of hydrogen-bond acceptors (Lipinski definition) is 1. The fraction of sp³-hybridized carbons (Fsp3) is 0.619. The van der Waals surface area contributed by atoms with Gasteiger partial charge < -0.3 is 5.32 Å². The first-order chi connectivity index (χ1) is 10.9. The van der Waals surface area contributed by atoms with Crippen molar-refractivity contribution >= 4 is 6.71 Å². The summed E-state index contributed by atoms with van der Waals surface area (Å²) in [6.45, 7) is 16.2. The molecule has 1 aromatic rings. The molecule has 0 aromatic heterocycles. The van der Waals surface area contributed by atoms with Crippen LogP contribution in [0, 0.1) is 12.8 Å². The number of nitrogens with one attached hydrogen (secondary N) is 1. The third kappa shape index (κ3) is 8.30. The van der Waals surface area contributed by atoms with Crippen LogP contribution in [0.15, 0.2) is 36.5 Å². The molecule has 0 aliphatic rings. The fourth-order valence-electron chi connectivity index (χ4n) is 2.88. The number of hydrogen-bond donors (Lipinski definition) is 1. The molecule has 0 saturated carbocycles. The molecular formula is C21H36BN. The van der Waals surface area contributed by atoms with Crippen molar-refractivity contribution in [3.8, 4) is 0 Å². The van der Waals surface area contributed by atoms with Gasteiger partial charge in [0.25, 0.3) is 0 Å². The van der Waals surface area contributed by atoms with Crippen molar-refractivity contribution in [1.29, 1.82) is 0 Å². The minimum Gasteiger partial charge on any atom is -0.393 e. The van der Waals surface area contributed by atoms with E-state index in [2.05, 4.69) is 70.6 Å². The molecule has 0 radical (unpaired) electrons. The lowest BCUT2D eigenvalue weighted by Gasteiger charge is -2.24. The van der Waals surface area contributed by atoms with E-state index in [0.29, 0.717) is 12.7 Å². The van der Waals surface area contributed by atoms with Gasteiger partial charge in [-0.05, 0) is 37.7 Å². The molecule has 0 aliphatic carbocycles. The molecule has 1 rings (SSSR count). The Morgan fingerprint density at radius 1 is 1.17 bits per heavy atom. The van der Waals surface area contributed by atoms with Gasteiger partial charge in [0.05, 0.1) is 0 Å². The van der Waals surface area contributed by atoms with E-state index in [4.69, 9.17) is 0 Å². The minimum absolute atomic E-state index is 0.469. The van der Waals surface area contributed by atoms with Crippen LogP contribution >= 0.6 is 0 Å². The fourth-order valence-corrected chi connectivity index (χ4v) is 2.88. The van der Waals surface area contributed by atoms with Gasteiger partial charge in [0.1, 0.15) is 0 Å². The van der Waals surface area contributed by atoms with Crippen LogP contribution in [-0.4, -0.2) is 12.7 Å². The lowest BCUT2D eigenvalue weighted by atomic mass is 9.47. The maximum atomic E-state index is 4.27. The van der Waals surface area contributed by atoms with Crippen molar-refractivity contribution in [2.24, 2.45) is 5.92 Å². The largest absolute Gasteiger partial charge is 0.393 e. The van der Waals surface area contributed by atoms with Crippen molar-refractivity contribution in [3.05, 3.63) is 47.7 Å². The molecule has 0 heterocycles. The van der Waals surface area contributed by atoms with Gasteiger partial charge in [-0.2, -0.15) is 0 Å². The Morgan fingerprint density at radius 2 is 1.83 bits per heavy atom. The van der Waals surface area contributed by atoms with Crippen LogP contribution < -0.4 is 5.32 Å². The van der Waals surface area contributed by atoms with Crippen molar-refractivity contribution in [2.45, 2.75) is 78.9 Å². The highest BCUT2D eigenvalue weighted by Gasteiger charge is 2.17.